The lowest BCUT2D eigenvalue weighted by Crippen LogP contribution is -2.30. The van der Waals surface area contributed by atoms with Crippen LogP contribution in [0.4, 0.5) is 0 Å². The molecule has 28 heavy (non-hydrogen) atoms. The van der Waals surface area contributed by atoms with Gasteiger partial charge in [-0.3, -0.25) is 14.5 Å². The number of hydrogen-bond donors (Lipinski definition) is 1. The van der Waals surface area contributed by atoms with E-state index in [1.807, 2.05) is 12.1 Å². The molecule has 1 aromatic rings. The average Bonchev–Trinajstić information content (AvgIpc) is 2.97. The summed E-state index contributed by atoms with van der Waals surface area (Å²) in [5.74, 6) is 0.475. The first kappa shape index (κ1) is 21.0. The molecule has 5 nitrogen and oxygen atoms in total. The van der Waals surface area contributed by atoms with Crippen molar-refractivity contribution >= 4 is 11.8 Å². The third-order valence-corrected chi connectivity index (χ3v) is 5.93. The van der Waals surface area contributed by atoms with Crippen molar-refractivity contribution < 1.29 is 14.4 Å². The van der Waals surface area contributed by atoms with Crippen LogP contribution in [0.25, 0.3) is 0 Å². The average molecular weight is 387 g/mol. The molecular formula is C23H34N2O3. The highest BCUT2D eigenvalue weighted by atomic mass is 16.6. The molecule has 1 heterocycles. The minimum atomic E-state index is -0.139. The van der Waals surface area contributed by atoms with Crippen molar-refractivity contribution in [3.8, 4) is 0 Å². The number of fused-ring (bicyclic) bond motifs is 1. The van der Waals surface area contributed by atoms with Gasteiger partial charge in [-0.05, 0) is 43.7 Å². The first-order valence-corrected chi connectivity index (χ1v) is 11.1. The van der Waals surface area contributed by atoms with Crippen LogP contribution in [-0.2, 0) is 4.84 Å². The van der Waals surface area contributed by atoms with Crippen molar-refractivity contribution in [2.45, 2.75) is 70.6 Å². The van der Waals surface area contributed by atoms with E-state index in [1.54, 1.807) is 12.1 Å². The van der Waals surface area contributed by atoms with Gasteiger partial charge in [-0.2, -0.15) is 0 Å². The summed E-state index contributed by atoms with van der Waals surface area (Å²) in [5, 5.41) is 0. The minimum absolute atomic E-state index is 0.139. The fraction of sp³-hybridized carbons (Fsp3) is 0.652. The summed E-state index contributed by atoms with van der Waals surface area (Å²) >= 11 is 0. The lowest BCUT2D eigenvalue weighted by Gasteiger charge is -2.21. The van der Waals surface area contributed by atoms with E-state index >= 15 is 0 Å². The first-order valence-electron chi connectivity index (χ1n) is 11.1. The van der Waals surface area contributed by atoms with Crippen LogP contribution in [-0.4, -0.2) is 36.4 Å². The van der Waals surface area contributed by atoms with E-state index in [9.17, 15) is 9.59 Å². The van der Waals surface area contributed by atoms with Gasteiger partial charge >= 0.3 is 0 Å². The van der Waals surface area contributed by atoms with Gasteiger partial charge in [-0.1, -0.05) is 57.1 Å². The van der Waals surface area contributed by atoms with Gasteiger partial charge in [0.25, 0.3) is 11.8 Å². The van der Waals surface area contributed by atoms with Gasteiger partial charge in [-0.15, -0.1) is 0 Å². The van der Waals surface area contributed by atoms with Crippen molar-refractivity contribution in [2.75, 3.05) is 19.7 Å². The van der Waals surface area contributed by atoms with Crippen LogP contribution >= 0.6 is 0 Å². The number of amides is 2. The van der Waals surface area contributed by atoms with Gasteiger partial charge in [0, 0.05) is 13.1 Å². The highest BCUT2D eigenvalue weighted by Gasteiger charge is 2.34. The molecule has 1 aliphatic carbocycles. The molecule has 1 fully saturated rings. The SMILES string of the molecule is O=C1c2ccccc2C(=O)N1CCCCCCCCNOCC1CCCCC1. The molecule has 0 unspecified atom stereocenters. The van der Waals surface area contributed by atoms with Crippen LogP contribution in [0.2, 0.25) is 0 Å². The Balaban J connectivity index is 1.16. The van der Waals surface area contributed by atoms with E-state index in [-0.39, 0.29) is 11.8 Å². The summed E-state index contributed by atoms with van der Waals surface area (Å²) in [6, 6.07) is 7.10. The summed E-state index contributed by atoms with van der Waals surface area (Å²) in [5.41, 5.74) is 4.20. The van der Waals surface area contributed by atoms with Crippen molar-refractivity contribution in [3.63, 3.8) is 0 Å². The highest BCUT2D eigenvalue weighted by molar-refractivity contribution is 6.21. The molecule has 0 saturated heterocycles. The van der Waals surface area contributed by atoms with Crippen molar-refractivity contribution in [3.05, 3.63) is 35.4 Å². The van der Waals surface area contributed by atoms with Gasteiger partial charge < -0.3 is 4.84 Å². The maximum atomic E-state index is 12.3. The summed E-state index contributed by atoms with van der Waals surface area (Å²) in [6.07, 6.45) is 13.3. The lowest BCUT2D eigenvalue weighted by molar-refractivity contribution is 0.00860. The van der Waals surface area contributed by atoms with Crippen LogP contribution < -0.4 is 5.48 Å². The Hall–Kier alpha value is -1.72. The smallest absolute Gasteiger partial charge is 0.261 e. The molecule has 5 heteroatoms. The summed E-state index contributed by atoms with van der Waals surface area (Å²) in [7, 11) is 0. The molecule has 2 amide bonds. The van der Waals surface area contributed by atoms with Crippen molar-refractivity contribution in [1.82, 2.24) is 10.4 Å². The van der Waals surface area contributed by atoms with E-state index in [0.29, 0.717) is 17.7 Å². The molecule has 2 aliphatic rings. The molecule has 1 aliphatic heterocycles. The first-order chi connectivity index (χ1) is 13.8. The quantitative estimate of drug-likeness (QED) is 0.321. The zero-order chi connectivity index (χ0) is 19.6. The molecule has 154 valence electrons. The molecule has 1 aromatic carbocycles. The van der Waals surface area contributed by atoms with Crippen LogP contribution in [0.3, 0.4) is 0 Å². The minimum Gasteiger partial charge on any atom is -0.302 e. The van der Waals surface area contributed by atoms with Crippen LogP contribution in [0.15, 0.2) is 24.3 Å². The number of imide groups is 1. The van der Waals surface area contributed by atoms with Crippen molar-refractivity contribution in [2.24, 2.45) is 5.92 Å². The van der Waals surface area contributed by atoms with E-state index in [0.717, 1.165) is 44.8 Å². The summed E-state index contributed by atoms with van der Waals surface area (Å²) < 4.78 is 0. The molecule has 3 rings (SSSR count). The van der Waals surface area contributed by atoms with Gasteiger partial charge in [0.15, 0.2) is 0 Å². The number of carbonyl (C=O) groups is 2. The Bertz CT molecular complexity index is 605. The molecule has 0 atom stereocenters. The normalized spacial score (nSPS) is 17.4. The lowest BCUT2D eigenvalue weighted by atomic mass is 9.90. The molecule has 0 spiro atoms. The second kappa shape index (κ2) is 11.3. The van der Waals surface area contributed by atoms with Crippen LogP contribution in [0.5, 0.6) is 0 Å². The number of nitrogens with zero attached hydrogens (tertiary/aromatic N) is 1. The second-order valence-corrected chi connectivity index (χ2v) is 8.14. The van der Waals surface area contributed by atoms with E-state index in [1.165, 1.54) is 49.8 Å². The Morgan fingerprint density at radius 3 is 2.14 bits per heavy atom. The Morgan fingerprint density at radius 1 is 0.857 bits per heavy atom. The number of hydrogen-bond acceptors (Lipinski definition) is 4. The number of benzene rings is 1. The molecule has 1 saturated carbocycles. The molecular weight excluding hydrogens is 352 g/mol. The predicted octanol–water partition coefficient (Wildman–Crippen LogP) is 4.72. The van der Waals surface area contributed by atoms with Gasteiger partial charge in [-0.25, -0.2) is 5.48 Å². The maximum Gasteiger partial charge on any atom is 0.261 e. The topological polar surface area (TPSA) is 58.6 Å². The number of hydroxylamine groups is 1. The van der Waals surface area contributed by atoms with Gasteiger partial charge in [0.2, 0.25) is 0 Å². The van der Waals surface area contributed by atoms with Gasteiger partial charge in [0.05, 0.1) is 17.7 Å². The highest BCUT2D eigenvalue weighted by Crippen LogP contribution is 2.24. The van der Waals surface area contributed by atoms with Crippen LogP contribution in [0, 0.1) is 5.92 Å². The fourth-order valence-corrected chi connectivity index (χ4v) is 4.22. The van der Waals surface area contributed by atoms with E-state index in [4.69, 9.17) is 4.84 Å². The Labute approximate surface area is 168 Å². The number of unbranched alkanes of at least 4 members (excludes halogenated alkanes) is 5. The molecule has 0 radical (unpaired) electrons. The Kier molecular flexibility index (Phi) is 8.49. The molecule has 1 N–H and O–H groups in total. The number of rotatable bonds is 12. The fourth-order valence-electron chi connectivity index (χ4n) is 4.22. The van der Waals surface area contributed by atoms with Crippen LogP contribution in [0.1, 0.15) is 91.3 Å². The van der Waals surface area contributed by atoms with Gasteiger partial charge in [0.1, 0.15) is 0 Å². The summed E-state index contributed by atoms with van der Waals surface area (Å²) in [4.78, 5) is 31.6. The molecule has 0 aromatic heterocycles. The van der Waals surface area contributed by atoms with E-state index in [2.05, 4.69) is 5.48 Å². The predicted molar refractivity (Wildman–Crippen MR) is 110 cm³/mol. The zero-order valence-electron chi connectivity index (χ0n) is 17.0. The standard InChI is InChI=1S/C23H34N2O3/c26-22-20-14-8-9-15-21(20)23(27)25(22)17-11-4-2-1-3-10-16-24-28-18-19-12-6-5-7-13-19/h8-9,14-15,19,24H,1-7,10-13,16-18H2. The largest absolute Gasteiger partial charge is 0.302 e. The number of carbonyl (C=O) groups excluding carboxylic acids is 2. The second-order valence-electron chi connectivity index (χ2n) is 8.14. The molecule has 0 bridgehead atoms. The maximum absolute atomic E-state index is 12.3. The monoisotopic (exact) mass is 386 g/mol. The summed E-state index contributed by atoms with van der Waals surface area (Å²) in [6.45, 7) is 2.31. The third-order valence-electron chi connectivity index (χ3n) is 5.93. The van der Waals surface area contributed by atoms with Crippen molar-refractivity contribution in [1.29, 1.82) is 0 Å². The third kappa shape index (κ3) is 5.89. The number of nitrogens with one attached hydrogen (secondary N) is 1. The Morgan fingerprint density at radius 2 is 1.46 bits per heavy atom. The zero-order valence-corrected chi connectivity index (χ0v) is 17.0. The van der Waals surface area contributed by atoms with E-state index < -0.39 is 0 Å².